The van der Waals surface area contributed by atoms with Crippen LogP contribution in [0.15, 0.2) is 47.4 Å². The van der Waals surface area contributed by atoms with E-state index in [0.29, 0.717) is 4.57 Å². The summed E-state index contributed by atoms with van der Waals surface area (Å²) in [6.07, 6.45) is -8.66. The highest BCUT2D eigenvalue weighted by Gasteiger charge is 2.45. The summed E-state index contributed by atoms with van der Waals surface area (Å²) in [6.45, 7) is -1.29. The number of carbonyl (C=O) groups excluding carboxylic acids is 2. The Morgan fingerprint density at radius 3 is 2.51 bits per heavy atom. The Morgan fingerprint density at radius 2 is 1.91 bits per heavy atom. The summed E-state index contributed by atoms with van der Waals surface area (Å²) in [7, 11) is 0. The lowest BCUT2D eigenvalue weighted by Crippen LogP contribution is -2.36. The van der Waals surface area contributed by atoms with Crippen molar-refractivity contribution in [1.29, 1.82) is 0 Å². The molecule has 1 aromatic heterocycles. The number of amides is 2. The Bertz CT molecular complexity index is 1150. The van der Waals surface area contributed by atoms with Gasteiger partial charge in [0.25, 0.3) is 5.91 Å². The zero-order chi connectivity index (χ0) is 25.8. The molecule has 1 unspecified atom stereocenters. The molecule has 4 atom stereocenters. The van der Waals surface area contributed by atoms with Gasteiger partial charge in [0, 0.05) is 23.9 Å². The third-order valence-corrected chi connectivity index (χ3v) is 4.93. The second-order valence-corrected chi connectivity index (χ2v) is 7.35. The molecule has 1 aliphatic heterocycles. The number of nitrogens with one attached hydrogen (secondary N) is 2. The maximum absolute atomic E-state index is 14.5. The van der Waals surface area contributed by atoms with Crippen LogP contribution in [0, 0.1) is 0 Å². The second kappa shape index (κ2) is 10.8. The van der Waals surface area contributed by atoms with Gasteiger partial charge in [0.1, 0.15) is 18.0 Å². The summed E-state index contributed by atoms with van der Waals surface area (Å²) < 4.78 is 57.5. The smallest absolute Gasteiger partial charge is 0.394 e. The van der Waals surface area contributed by atoms with Crippen LogP contribution in [0.2, 0.25) is 0 Å². The lowest BCUT2D eigenvalue weighted by molar-refractivity contribution is -0.173. The fourth-order valence-electron chi connectivity index (χ4n) is 3.17. The number of alkyl halides is 4. The molecule has 4 N–H and O–H groups in total. The molecular formula is C21H20F4N4O6. The van der Waals surface area contributed by atoms with Crippen molar-refractivity contribution >= 4 is 23.7 Å². The predicted molar refractivity (Wildman–Crippen MR) is 113 cm³/mol. The van der Waals surface area contributed by atoms with Gasteiger partial charge < -0.3 is 25.6 Å². The van der Waals surface area contributed by atoms with Crippen molar-refractivity contribution < 1.29 is 42.1 Å². The minimum absolute atomic E-state index is 0.0483. The SMILES string of the molecule is O=C(Nc1nc(=O)n([C@@H]2O[C@H](CO)[C@H](O)C2F)cc1/C=C/CNC(=O)C(F)(F)F)c1ccccc1. The molecule has 3 rings (SSSR count). The molecule has 14 heteroatoms. The fourth-order valence-corrected chi connectivity index (χ4v) is 3.17. The molecule has 1 aliphatic rings. The number of rotatable bonds is 7. The van der Waals surface area contributed by atoms with Gasteiger partial charge in [-0.1, -0.05) is 30.4 Å². The van der Waals surface area contributed by atoms with E-state index >= 15 is 0 Å². The van der Waals surface area contributed by atoms with Crippen molar-refractivity contribution in [1.82, 2.24) is 14.9 Å². The molecule has 1 aromatic carbocycles. The highest BCUT2D eigenvalue weighted by Crippen LogP contribution is 2.31. The summed E-state index contributed by atoms with van der Waals surface area (Å²) in [4.78, 5) is 39.8. The average molecular weight is 500 g/mol. The molecular weight excluding hydrogens is 480 g/mol. The third kappa shape index (κ3) is 6.09. The van der Waals surface area contributed by atoms with Crippen molar-refractivity contribution in [3.05, 3.63) is 64.2 Å². The number of aliphatic hydroxyl groups excluding tert-OH is 2. The van der Waals surface area contributed by atoms with E-state index in [1.54, 1.807) is 23.5 Å². The predicted octanol–water partition coefficient (Wildman–Crippen LogP) is 0.776. The van der Waals surface area contributed by atoms with E-state index in [0.717, 1.165) is 18.3 Å². The van der Waals surface area contributed by atoms with Gasteiger partial charge in [-0.3, -0.25) is 14.2 Å². The summed E-state index contributed by atoms with van der Waals surface area (Å²) in [5.41, 5.74) is -0.912. The summed E-state index contributed by atoms with van der Waals surface area (Å²) >= 11 is 0. The number of ether oxygens (including phenoxy) is 1. The topological polar surface area (TPSA) is 143 Å². The maximum Gasteiger partial charge on any atom is 0.471 e. The molecule has 0 spiro atoms. The van der Waals surface area contributed by atoms with Crippen LogP contribution in [-0.4, -0.2) is 69.3 Å². The normalized spacial score (nSPS) is 22.3. The Kier molecular flexibility index (Phi) is 7.99. The summed E-state index contributed by atoms with van der Waals surface area (Å²) in [6, 6.07) is 7.81. The molecule has 10 nitrogen and oxygen atoms in total. The number of aromatic nitrogens is 2. The Hall–Kier alpha value is -3.62. The summed E-state index contributed by atoms with van der Waals surface area (Å²) in [5.74, 6) is -3.14. The average Bonchev–Trinajstić information content (AvgIpc) is 3.11. The Morgan fingerprint density at radius 1 is 1.23 bits per heavy atom. The molecule has 2 aromatic rings. The molecule has 0 radical (unpaired) electrons. The number of anilines is 1. The molecule has 188 valence electrons. The van der Waals surface area contributed by atoms with Crippen molar-refractivity contribution in [3.63, 3.8) is 0 Å². The first kappa shape index (κ1) is 26.0. The van der Waals surface area contributed by atoms with Gasteiger partial charge in [-0.15, -0.1) is 0 Å². The standard InChI is InChI=1S/C21H20F4N4O6/c22-14-15(31)13(10-30)35-18(14)29-9-12(7-4-8-26-19(33)21(23,24)25)16(28-20(29)34)27-17(32)11-5-2-1-3-6-11/h1-7,9,13-15,18,30-31H,8,10H2,(H,26,33)(H,27,28,32,34)/b7-4+/t13-,14?,15+,18-/m1/s1. The first-order chi connectivity index (χ1) is 16.5. The number of nitrogens with zero attached hydrogens (tertiary/aromatic N) is 2. The van der Waals surface area contributed by atoms with Crippen LogP contribution >= 0.6 is 0 Å². The van der Waals surface area contributed by atoms with E-state index in [4.69, 9.17) is 4.74 Å². The quantitative estimate of drug-likeness (QED) is 0.412. The largest absolute Gasteiger partial charge is 0.471 e. The Labute approximate surface area is 194 Å². The first-order valence-electron chi connectivity index (χ1n) is 10.1. The molecule has 0 bridgehead atoms. The monoisotopic (exact) mass is 500 g/mol. The van der Waals surface area contributed by atoms with Crippen molar-refractivity contribution in [3.8, 4) is 0 Å². The van der Waals surface area contributed by atoms with Crippen LogP contribution in [0.5, 0.6) is 0 Å². The van der Waals surface area contributed by atoms with Gasteiger partial charge in [0.05, 0.1) is 6.61 Å². The molecule has 2 heterocycles. The number of hydrogen-bond donors (Lipinski definition) is 4. The highest BCUT2D eigenvalue weighted by molar-refractivity contribution is 6.04. The van der Waals surface area contributed by atoms with Crippen molar-refractivity contribution in [2.75, 3.05) is 18.5 Å². The van der Waals surface area contributed by atoms with Gasteiger partial charge in [-0.25, -0.2) is 9.18 Å². The Balaban J connectivity index is 1.92. The van der Waals surface area contributed by atoms with Crippen molar-refractivity contribution in [2.45, 2.75) is 30.8 Å². The molecule has 2 amide bonds. The maximum atomic E-state index is 14.5. The number of aliphatic hydroxyl groups is 2. The third-order valence-electron chi connectivity index (χ3n) is 4.93. The molecule has 1 saturated heterocycles. The lowest BCUT2D eigenvalue weighted by Gasteiger charge is -2.18. The number of hydrogen-bond acceptors (Lipinski definition) is 7. The summed E-state index contributed by atoms with van der Waals surface area (Å²) in [5, 5.41) is 23.1. The van der Waals surface area contributed by atoms with Crippen LogP contribution in [0.3, 0.4) is 0 Å². The van der Waals surface area contributed by atoms with Crippen LogP contribution in [0.4, 0.5) is 23.4 Å². The minimum atomic E-state index is -5.09. The van der Waals surface area contributed by atoms with Gasteiger partial charge in [-0.05, 0) is 12.1 Å². The molecule has 0 saturated carbocycles. The van der Waals surface area contributed by atoms with Crippen LogP contribution in [-0.2, 0) is 9.53 Å². The first-order valence-corrected chi connectivity index (χ1v) is 10.1. The van der Waals surface area contributed by atoms with Gasteiger partial charge in [0.2, 0.25) is 0 Å². The molecule has 35 heavy (non-hydrogen) atoms. The van der Waals surface area contributed by atoms with E-state index in [-0.39, 0.29) is 16.9 Å². The number of benzene rings is 1. The van der Waals surface area contributed by atoms with Gasteiger partial charge in [-0.2, -0.15) is 18.2 Å². The highest BCUT2D eigenvalue weighted by atomic mass is 19.4. The zero-order valence-corrected chi connectivity index (χ0v) is 17.8. The zero-order valence-electron chi connectivity index (χ0n) is 17.8. The molecule has 0 aliphatic carbocycles. The van der Waals surface area contributed by atoms with Crippen LogP contribution < -0.4 is 16.3 Å². The minimum Gasteiger partial charge on any atom is -0.394 e. The van der Waals surface area contributed by atoms with Crippen molar-refractivity contribution in [2.24, 2.45) is 0 Å². The van der Waals surface area contributed by atoms with Gasteiger partial charge in [0.15, 0.2) is 12.4 Å². The second-order valence-electron chi connectivity index (χ2n) is 7.35. The van der Waals surface area contributed by atoms with E-state index in [1.165, 1.54) is 12.1 Å². The van der Waals surface area contributed by atoms with Crippen LogP contribution in [0.1, 0.15) is 22.1 Å². The number of carbonyl (C=O) groups is 2. The van der Waals surface area contributed by atoms with Crippen LogP contribution in [0.25, 0.3) is 6.08 Å². The lowest BCUT2D eigenvalue weighted by atomic mass is 10.1. The van der Waals surface area contributed by atoms with E-state index in [1.807, 2.05) is 0 Å². The molecule has 1 fully saturated rings. The van der Waals surface area contributed by atoms with E-state index in [9.17, 15) is 42.2 Å². The van der Waals surface area contributed by atoms with E-state index < -0.39 is 61.4 Å². The van der Waals surface area contributed by atoms with Gasteiger partial charge >= 0.3 is 17.8 Å². The fraction of sp³-hybridized carbons (Fsp3) is 0.333. The van der Waals surface area contributed by atoms with E-state index in [2.05, 4.69) is 10.3 Å². The number of halogens is 4.